The van der Waals surface area contributed by atoms with Gasteiger partial charge in [-0.05, 0) is 36.6 Å². The molecule has 144 valence electrons. The number of benzene rings is 2. The second kappa shape index (κ2) is 8.68. The maximum Gasteiger partial charge on any atom is 0.323 e. The second-order valence-corrected chi connectivity index (χ2v) is 8.01. The number of carbonyl (C=O) groups is 2. The molecule has 0 atom stereocenters. The number of rotatable bonds is 8. The van der Waals surface area contributed by atoms with E-state index in [4.69, 9.17) is 5.11 Å². The van der Waals surface area contributed by atoms with E-state index in [1.807, 2.05) is 30.3 Å². The lowest BCUT2D eigenvalue weighted by Crippen LogP contribution is -2.37. The molecule has 2 N–H and O–H groups in total. The molecule has 27 heavy (non-hydrogen) atoms. The van der Waals surface area contributed by atoms with Gasteiger partial charge in [-0.2, -0.15) is 0 Å². The fraction of sp³-hybridized carbons (Fsp3) is 0.263. The Morgan fingerprint density at radius 2 is 1.78 bits per heavy atom. The summed E-state index contributed by atoms with van der Waals surface area (Å²) in [5.41, 5.74) is 2.16. The molecule has 0 aliphatic heterocycles. The van der Waals surface area contributed by atoms with E-state index in [9.17, 15) is 18.0 Å². The van der Waals surface area contributed by atoms with Crippen molar-refractivity contribution < 1.29 is 23.1 Å². The molecule has 0 spiro atoms. The quantitative estimate of drug-likeness (QED) is 0.719. The first-order valence-electron chi connectivity index (χ1n) is 8.29. The maximum absolute atomic E-state index is 12.8. The number of carboxylic acids is 1. The van der Waals surface area contributed by atoms with Crippen LogP contribution in [0.3, 0.4) is 0 Å². The van der Waals surface area contributed by atoms with Gasteiger partial charge in [0.2, 0.25) is 10.0 Å². The Bertz CT molecular complexity index is 926. The molecule has 7 nitrogen and oxygen atoms in total. The van der Waals surface area contributed by atoms with Crippen LogP contribution in [0.2, 0.25) is 0 Å². The van der Waals surface area contributed by atoms with E-state index in [0.717, 1.165) is 11.8 Å². The first-order chi connectivity index (χ1) is 12.7. The van der Waals surface area contributed by atoms with Gasteiger partial charge in [-0.1, -0.05) is 36.4 Å². The van der Waals surface area contributed by atoms with Crippen molar-refractivity contribution in [2.45, 2.75) is 13.3 Å². The van der Waals surface area contributed by atoms with E-state index in [1.165, 1.54) is 11.0 Å². The largest absolute Gasteiger partial charge is 0.480 e. The molecule has 1 amide bonds. The molecule has 0 saturated heterocycles. The summed E-state index contributed by atoms with van der Waals surface area (Å²) in [4.78, 5) is 25.2. The highest BCUT2D eigenvalue weighted by Crippen LogP contribution is 2.19. The van der Waals surface area contributed by atoms with Crippen LogP contribution < -0.4 is 4.72 Å². The normalized spacial score (nSPS) is 11.0. The highest BCUT2D eigenvalue weighted by Gasteiger charge is 2.20. The minimum absolute atomic E-state index is 0.223. The van der Waals surface area contributed by atoms with Crippen molar-refractivity contribution in [2.75, 3.05) is 24.1 Å². The van der Waals surface area contributed by atoms with Crippen molar-refractivity contribution in [3.05, 3.63) is 65.2 Å². The fourth-order valence-electron chi connectivity index (χ4n) is 2.57. The summed E-state index contributed by atoms with van der Waals surface area (Å²) in [6.45, 7) is 1.51. The number of carbonyl (C=O) groups excluding carboxylic acids is 1. The van der Waals surface area contributed by atoms with Crippen LogP contribution in [0.5, 0.6) is 0 Å². The Balaban J connectivity index is 2.23. The van der Waals surface area contributed by atoms with Gasteiger partial charge in [-0.3, -0.25) is 14.3 Å². The summed E-state index contributed by atoms with van der Waals surface area (Å²) in [6.07, 6.45) is 1.54. The summed E-state index contributed by atoms with van der Waals surface area (Å²) < 4.78 is 25.3. The van der Waals surface area contributed by atoms with Gasteiger partial charge in [0.1, 0.15) is 6.54 Å². The Labute approximate surface area is 158 Å². The smallest absolute Gasteiger partial charge is 0.323 e. The second-order valence-electron chi connectivity index (χ2n) is 6.26. The first kappa shape index (κ1) is 20.4. The summed E-state index contributed by atoms with van der Waals surface area (Å²) in [6, 6.07) is 14.1. The fourth-order valence-corrected chi connectivity index (χ4v) is 3.19. The SMILES string of the molecule is Cc1ccc(C(=O)N(CCc2ccccc2)CC(=O)O)cc1NS(C)(=O)=O. The van der Waals surface area contributed by atoms with Gasteiger partial charge in [0.15, 0.2) is 0 Å². The number of anilines is 1. The minimum atomic E-state index is -3.50. The van der Waals surface area contributed by atoms with Crippen LogP contribution in [0.15, 0.2) is 48.5 Å². The standard InChI is InChI=1S/C19H22N2O5S/c1-14-8-9-16(12-17(14)20-27(2,25)26)19(24)21(13-18(22)23)11-10-15-6-4-3-5-7-15/h3-9,12,20H,10-11,13H2,1-2H3,(H,22,23). The van der Waals surface area contributed by atoms with Gasteiger partial charge in [-0.15, -0.1) is 0 Å². The Hall–Kier alpha value is -2.87. The van der Waals surface area contributed by atoms with E-state index in [0.29, 0.717) is 17.7 Å². The Morgan fingerprint density at radius 3 is 2.37 bits per heavy atom. The molecule has 0 radical (unpaired) electrons. The van der Waals surface area contributed by atoms with Crippen molar-refractivity contribution in [1.29, 1.82) is 0 Å². The molecule has 2 rings (SSSR count). The summed E-state index contributed by atoms with van der Waals surface area (Å²) in [5.74, 6) is -1.58. The molecule has 0 saturated carbocycles. The zero-order valence-corrected chi connectivity index (χ0v) is 16.0. The van der Waals surface area contributed by atoms with Crippen molar-refractivity contribution >= 4 is 27.6 Å². The number of aliphatic carboxylic acids is 1. The number of aryl methyl sites for hydroxylation is 1. The molecule has 0 aliphatic carbocycles. The van der Waals surface area contributed by atoms with Crippen LogP contribution in [0.4, 0.5) is 5.69 Å². The van der Waals surface area contributed by atoms with Gasteiger partial charge in [0.05, 0.1) is 11.9 Å². The first-order valence-corrected chi connectivity index (χ1v) is 10.2. The third kappa shape index (κ3) is 6.41. The average Bonchev–Trinajstić information content (AvgIpc) is 2.59. The minimum Gasteiger partial charge on any atom is -0.480 e. The van der Waals surface area contributed by atoms with Gasteiger partial charge in [-0.25, -0.2) is 8.42 Å². The van der Waals surface area contributed by atoms with Gasteiger partial charge >= 0.3 is 5.97 Å². The lowest BCUT2D eigenvalue weighted by atomic mass is 10.1. The Kier molecular flexibility index (Phi) is 6.57. The Morgan fingerprint density at radius 1 is 1.11 bits per heavy atom. The van der Waals surface area contributed by atoms with E-state index in [1.54, 1.807) is 19.1 Å². The lowest BCUT2D eigenvalue weighted by molar-refractivity contribution is -0.137. The summed E-state index contributed by atoms with van der Waals surface area (Å²) in [7, 11) is -3.50. The van der Waals surface area contributed by atoms with Crippen molar-refractivity contribution in [3.8, 4) is 0 Å². The van der Waals surface area contributed by atoms with Crippen molar-refractivity contribution in [2.24, 2.45) is 0 Å². The van der Waals surface area contributed by atoms with E-state index >= 15 is 0 Å². The van der Waals surface area contributed by atoms with Crippen LogP contribution in [0.1, 0.15) is 21.5 Å². The van der Waals surface area contributed by atoms with Crippen LogP contribution in [0.25, 0.3) is 0 Å². The number of carboxylic acid groups (broad SMARTS) is 1. The zero-order valence-electron chi connectivity index (χ0n) is 15.2. The molecule has 0 unspecified atom stereocenters. The number of sulfonamides is 1. The molecular formula is C19H22N2O5S. The van der Waals surface area contributed by atoms with Crippen LogP contribution in [-0.2, 0) is 21.2 Å². The molecule has 0 bridgehead atoms. The average molecular weight is 390 g/mol. The van der Waals surface area contributed by atoms with Gasteiger partial charge in [0, 0.05) is 12.1 Å². The lowest BCUT2D eigenvalue weighted by Gasteiger charge is -2.21. The highest BCUT2D eigenvalue weighted by atomic mass is 32.2. The maximum atomic E-state index is 12.8. The number of nitrogens with zero attached hydrogens (tertiary/aromatic N) is 1. The van der Waals surface area contributed by atoms with Gasteiger partial charge in [0.25, 0.3) is 5.91 Å². The van der Waals surface area contributed by atoms with Crippen LogP contribution >= 0.6 is 0 Å². The number of nitrogens with one attached hydrogen (secondary N) is 1. The zero-order chi connectivity index (χ0) is 20.0. The molecule has 0 aliphatic rings. The molecule has 0 fully saturated rings. The van der Waals surface area contributed by atoms with E-state index < -0.39 is 28.4 Å². The molecule has 0 aromatic heterocycles. The molecule has 2 aromatic carbocycles. The third-order valence-electron chi connectivity index (χ3n) is 3.91. The van der Waals surface area contributed by atoms with Crippen molar-refractivity contribution in [1.82, 2.24) is 4.90 Å². The number of hydrogen-bond acceptors (Lipinski definition) is 4. The number of hydrogen-bond donors (Lipinski definition) is 2. The third-order valence-corrected chi connectivity index (χ3v) is 4.50. The summed E-state index contributed by atoms with van der Waals surface area (Å²) >= 11 is 0. The topological polar surface area (TPSA) is 104 Å². The summed E-state index contributed by atoms with van der Waals surface area (Å²) in [5, 5.41) is 9.14. The van der Waals surface area contributed by atoms with Crippen LogP contribution in [0, 0.1) is 6.92 Å². The van der Waals surface area contributed by atoms with E-state index in [2.05, 4.69) is 4.72 Å². The molecular weight excluding hydrogens is 368 g/mol. The predicted octanol–water partition coefficient (Wildman–Crippen LogP) is 2.14. The monoisotopic (exact) mass is 390 g/mol. The van der Waals surface area contributed by atoms with E-state index in [-0.39, 0.29) is 12.1 Å². The predicted molar refractivity (Wildman–Crippen MR) is 103 cm³/mol. The number of amides is 1. The molecule has 8 heteroatoms. The highest BCUT2D eigenvalue weighted by molar-refractivity contribution is 7.92. The van der Waals surface area contributed by atoms with Crippen molar-refractivity contribution in [3.63, 3.8) is 0 Å². The van der Waals surface area contributed by atoms with Gasteiger partial charge < -0.3 is 10.0 Å². The van der Waals surface area contributed by atoms with Crippen LogP contribution in [-0.4, -0.2) is 49.6 Å². The molecule has 0 heterocycles. The molecule has 2 aromatic rings.